The standard InChI is InChI=1S/C15H18N2O3/c1-9-5-6-11(7-10(9)2)12(18)8-17-13(19)15(3,4)16-14(17)20/h5-7H,8H2,1-4H3,(H,16,20). The van der Waals surface area contributed by atoms with E-state index in [0.29, 0.717) is 5.56 Å². The Labute approximate surface area is 118 Å². The Hall–Kier alpha value is -2.17. The molecule has 1 heterocycles. The number of benzene rings is 1. The number of imide groups is 1. The van der Waals surface area contributed by atoms with E-state index >= 15 is 0 Å². The first-order chi connectivity index (χ1) is 9.22. The fourth-order valence-electron chi connectivity index (χ4n) is 2.11. The van der Waals surface area contributed by atoms with E-state index in [0.717, 1.165) is 16.0 Å². The van der Waals surface area contributed by atoms with Crippen molar-refractivity contribution in [2.24, 2.45) is 0 Å². The van der Waals surface area contributed by atoms with Crippen molar-refractivity contribution in [2.45, 2.75) is 33.2 Å². The van der Waals surface area contributed by atoms with Gasteiger partial charge in [-0.1, -0.05) is 12.1 Å². The summed E-state index contributed by atoms with van der Waals surface area (Å²) in [5, 5.41) is 2.56. The van der Waals surface area contributed by atoms with Crippen LogP contribution in [0.15, 0.2) is 18.2 Å². The molecule has 0 aromatic heterocycles. The highest BCUT2D eigenvalue weighted by Crippen LogP contribution is 2.18. The third kappa shape index (κ3) is 2.43. The molecule has 5 heteroatoms. The first-order valence-corrected chi connectivity index (χ1v) is 6.47. The number of ketones is 1. The number of hydrogen-bond acceptors (Lipinski definition) is 3. The molecular formula is C15H18N2O3. The van der Waals surface area contributed by atoms with Gasteiger partial charge in [0.1, 0.15) is 5.54 Å². The van der Waals surface area contributed by atoms with E-state index in [2.05, 4.69) is 5.32 Å². The van der Waals surface area contributed by atoms with Crippen LogP contribution in [0.3, 0.4) is 0 Å². The summed E-state index contributed by atoms with van der Waals surface area (Å²) < 4.78 is 0. The lowest BCUT2D eigenvalue weighted by atomic mass is 10.0. The van der Waals surface area contributed by atoms with Crippen LogP contribution in [-0.2, 0) is 4.79 Å². The summed E-state index contributed by atoms with van der Waals surface area (Å²) in [6, 6.07) is 4.84. The van der Waals surface area contributed by atoms with E-state index in [9.17, 15) is 14.4 Å². The van der Waals surface area contributed by atoms with E-state index in [1.807, 2.05) is 19.9 Å². The molecular weight excluding hydrogens is 256 g/mol. The molecule has 1 aromatic rings. The molecule has 0 atom stereocenters. The minimum Gasteiger partial charge on any atom is -0.324 e. The first-order valence-electron chi connectivity index (χ1n) is 6.47. The van der Waals surface area contributed by atoms with Gasteiger partial charge in [0.2, 0.25) is 0 Å². The molecule has 1 aromatic carbocycles. The first kappa shape index (κ1) is 14.2. The van der Waals surface area contributed by atoms with Crippen LogP contribution in [0.2, 0.25) is 0 Å². The normalized spacial score (nSPS) is 17.3. The summed E-state index contributed by atoms with van der Waals surface area (Å²) in [5.74, 6) is -0.617. The van der Waals surface area contributed by atoms with E-state index < -0.39 is 11.6 Å². The molecule has 1 aliphatic heterocycles. The van der Waals surface area contributed by atoms with Crippen molar-refractivity contribution >= 4 is 17.7 Å². The number of Topliss-reactive ketones (excluding diaryl/α,β-unsaturated/α-hetero) is 1. The zero-order chi connectivity index (χ0) is 15.1. The van der Waals surface area contributed by atoms with Gasteiger partial charge in [-0.3, -0.25) is 14.5 Å². The maximum absolute atomic E-state index is 12.2. The average Bonchev–Trinajstić information content (AvgIpc) is 2.55. The topological polar surface area (TPSA) is 66.5 Å². The van der Waals surface area contributed by atoms with Crippen molar-refractivity contribution in [3.05, 3.63) is 34.9 Å². The molecule has 0 saturated carbocycles. The van der Waals surface area contributed by atoms with Crippen molar-refractivity contribution in [3.8, 4) is 0 Å². The second-order valence-corrected chi connectivity index (χ2v) is 5.67. The molecule has 0 bridgehead atoms. The van der Waals surface area contributed by atoms with Crippen LogP contribution in [0.5, 0.6) is 0 Å². The maximum atomic E-state index is 12.2. The Bertz CT molecular complexity index is 605. The zero-order valence-corrected chi connectivity index (χ0v) is 12.1. The summed E-state index contributed by atoms with van der Waals surface area (Å²) in [5.41, 5.74) is 1.67. The number of amides is 3. The second kappa shape index (κ2) is 4.74. The number of carbonyl (C=O) groups is 3. The van der Waals surface area contributed by atoms with E-state index in [1.165, 1.54) is 0 Å². The van der Waals surface area contributed by atoms with Gasteiger partial charge in [0.15, 0.2) is 5.78 Å². The van der Waals surface area contributed by atoms with Gasteiger partial charge in [-0.15, -0.1) is 0 Å². The van der Waals surface area contributed by atoms with Gasteiger partial charge in [-0.05, 0) is 44.9 Å². The van der Waals surface area contributed by atoms with Crippen LogP contribution in [-0.4, -0.2) is 34.7 Å². The maximum Gasteiger partial charge on any atom is 0.325 e. The Morgan fingerprint density at radius 3 is 2.35 bits per heavy atom. The lowest BCUT2D eigenvalue weighted by Gasteiger charge is -2.15. The Kier molecular flexibility index (Phi) is 3.38. The monoisotopic (exact) mass is 274 g/mol. The predicted molar refractivity (Wildman–Crippen MR) is 74.6 cm³/mol. The highest BCUT2D eigenvalue weighted by molar-refractivity contribution is 6.10. The van der Waals surface area contributed by atoms with Crippen molar-refractivity contribution < 1.29 is 14.4 Å². The number of rotatable bonds is 3. The molecule has 1 saturated heterocycles. The third-order valence-corrected chi connectivity index (χ3v) is 3.58. The van der Waals surface area contributed by atoms with Gasteiger partial charge in [-0.2, -0.15) is 0 Å². The van der Waals surface area contributed by atoms with Crippen LogP contribution in [0, 0.1) is 13.8 Å². The summed E-state index contributed by atoms with van der Waals surface area (Å²) >= 11 is 0. The molecule has 20 heavy (non-hydrogen) atoms. The summed E-state index contributed by atoms with van der Waals surface area (Å²) in [6.45, 7) is 6.89. The molecule has 3 amide bonds. The number of nitrogens with one attached hydrogen (secondary N) is 1. The molecule has 1 N–H and O–H groups in total. The van der Waals surface area contributed by atoms with Gasteiger partial charge >= 0.3 is 6.03 Å². The predicted octanol–water partition coefficient (Wildman–Crippen LogP) is 1.82. The second-order valence-electron chi connectivity index (χ2n) is 5.67. The van der Waals surface area contributed by atoms with Gasteiger partial charge in [0, 0.05) is 5.56 Å². The van der Waals surface area contributed by atoms with Crippen molar-refractivity contribution in [1.29, 1.82) is 0 Å². The minimum absolute atomic E-state index is 0.226. The van der Waals surface area contributed by atoms with Crippen LogP contribution >= 0.6 is 0 Å². The number of nitrogens with zero attached hydrogens (tertiary/aromatic N) is 1. The van der Waals surface area contributed by atoms with Gasteiger partial charge in [0.05, 0.1) is 6.54 Å². The highest BCUT2D eigenvalue weighted by Gasteiger charge is 2.44. The fourth-order valence-corrected chi connectivity index (χ4v) is 2.11. The molecule has 0 unspecified atom stereocenters. The highest BCUT2D eigenvalue weighted by atomic mass is 16.2. The fraction of sp³-hybridized carbons (Fsp3) is 0.400. The number of urea groups is 1. The number of aryl methyl sites for hydroxylation is 2. The molecule has 1 aliphatic rings. The van der Waals surface area contributed by atoms with Crippen molar-refractivity contribution in [1.82, 2.24) is 10.2 Å². The number of hydrogen-bond donors (Lipinski definition) is 1. The van der Waals surface area contributed by atoms with Crippen LogP contribution in [0.25, 0.3) is 0 Å². The Morgan fingerprint density at radius 1 is 1.20 bits per heavy atom. The van der Waals surface area contributed by atoms with Gasteiger partial charge in [-0.25, -0.2) is 4.79 Å². The molecule has 106 valence electrons. The van der Waals surface area contributed by atoms with Gasteiger partial charge < -0.3 is 5.32 Å². The third-order valence-electron chi connectivity index (χ3n) is 3.58. The molecule has 0 radical (unpaired) electrons. The Balaban J connectivity index is 2.18. The van der Waals surface area contributed by atoms with Crippen LogP contribution in [0.1, 0.15) is 35.3 Å². The van der Waals surface area contributed by atoms with E-state index in [4.69, 9.17) is 0 Å². The van der Waals surface area contributed by atoms with Crippen molar-refractivity contribution in [2.75, 3.05) is 6.54 Å². The molecule has 1 fully saturated rings. The number of carbonyl (C=O) groups excluding carboxylic acids is 3. The summed E-state index contributed by atoms with van der Waals surface area (Å²) in [7, 11) is 0. The summed E-state index contributed by atoms with van der Waals surface area (Å²) in [6.07, 6.45) is 0. The molecule has 0 aliphatic carbocycles. The average molecular weight is 274 g/mol. The van der Waals surface area contributed by atoms with E-state index in [1.54, 1.807) is 26.0 Å². The molecule has 0 spiro atoms. The summed E-state index contributed by atoms with van der Waals surface area (Å²) in [4.78, 5) is 36.9. The Morgan fingerprint density at radius 2 is 1.85 bits per heavy atom. The van der Waals surface area contributed by atoms with Crippen LogP contribution in [0.4, 0.5) is 4.79 Å². The lowest BCUT2D eigenvalue weighted by molar-refractivity contribution is -0.129. The smallest absolute Gasteiger partial charge is 0.324 e. The quantitative estimate of drug-likeness (QED) is 0.675. The SMILES string of the molecule is Cc1ccc(C(=O)CN2C(=O)NC(C)(C)C2=O)cc1C. The molecule has 2 rings (SSSR count). The lowest BCUT2D eigenvalue weighted by Crippen LogP contribution is -2.41. The molecule has 5 nitrogen and oxygen atoms in total. The van der Waals surface area contributed by atoms with E-state index in [-0.39, 0.29) is 18.2 Å². The van der Waals surface area contributed by atoms with Crippen molar-refractivity contribution in [3.63, 3.8) is 0 Å². The minimum atomic E-state index is -0.944. The van der Waals surface area contributed by atoms with Gasteiger partial charge in [0.25, 0.3) is 5.91 Å². The zero-order valence-electron chi connectivity index (χ0n) is 12.1. The van der Waals surface area contributed by atoms with Crippen LogP contribution < -0.4 is 5.32 Å². The largest absolute Gasteiger partial charge is 0.325 e.